The van der Waals surface area contributed by atoms with E-state index in [2.05, 4.69) is 0 Å². The minimum atomic E-state index is -0.432. The van der Waals surface area contributed by atoms with Gasteiger partial charge >= 0.3 is 11.9 Å². The molecule has 3 rings (SSSR count). The first kappa shape index (κ1) is 19.5. The molecule has 3 aromatic rings. The molecule has 3 aromatic carbocycles. The van der Waals surface area contributed by atoms with Crippen molar-refractivity contribution in [3.8, 4) is 11.5 Å². The Hall–Kier alpha value is -3.28. The van der Waals surface area contributed by atoms with Gasteiger partial charge in [-0.1, -0.05) is 48.5 Å². The van der Waals surface area contributed by atoms with Crippen molar-refractivity contribution in [3.63, 3.8) is 0 Å². The van der Waals surface area contributed by atoms with Crippen LogP contribution >= 0.6 is 0 Å². The lowest BCUT2D eigenvalue weighted by atomic mass is 10.0. The fourth-order valence-corrected chi connectivity index (χ4v) is 3.03. The van der Waals surface area contributed by atoms with Gasteiger partial charge in [0.2, 0.25) is 0 Å². The number of hydrogen-bond acceptors (Lipinski definition) is 6. The second-order valence-corrected chi connectivity index (χ2v) is 5.94. The smallest absolute Gasteiger partial charge is 0.344 e. The Bertz CT molecular complexity index is 858. The zero-order chi connectivity index (χ0) is 19.9. The maximum atomic E-state index is 11.8. The Morgan fingerprint density at radius 3 is 1.25 bits per heavy atom. The lowest BCUT2D eigenvalue weighted by Crippen LogP contribution is -2.16. The molecule has 0 fully saturated rings. The Morgan fingerprint density at radius 1 is 0.643 bits per heavy atom. The van der Waals surface area contributed by atoms with Gasteiger partial charge in [-0.2, -0.15) is 0 Å². The fraction of sp³-hybridized carbons (Fsp3) is 0.273. The van der Waals surface area contributed by atoms with E-state index in [4.69, 9.17) is 18.9 Å². The van der Waals surface area contributed by atoms with E-state index in [1.807, 2.05) is 48.5 Å². The van der Waals surface area contributed by atoms with Gasteiger partial charge in [-0.05, 0) is 13.8 Å². The Kier molecular flexibility index (Phi) is 6.32. The molecule has 0 radical (unpaired) electrons. The van der Waals surface area contributed by atoms with Crippen molar-refractivity contribution in [2.75, 3.05) is 26.4 Å². The molecule has 0 atom stereocenters. The molecule has 0 aromatic heterocycles. The number of fused-ring (bicyclic) bond motifs is 2. The summed E-state index contributed by atoms with van der Waals surface area (Å²) in [6, 6.07) is 15.1. The average molecular weight is 382 g/mol. The molecule has 0 aliphatic rings. The predicted molar refractivity (Wildman–Crippen MR) is 106 cm³/mol. The molecular formula is C22H22O6. The highest BCUT2D eigenvalue weighted by atomic mass is 16.6. The fourth-order valence-electron chi connectivity index (χ4n) is 3.03. The first-order valence-corrected chi connectivity index (χ1v) is 9.16. The second-order valence-electron chi connectivity index (χ2n) is 5.94. The minimum absolute atomic E-state index is 0.190. The molecule has 0 amide bonds. The quantitative estimate of drug-likeness (QED) is 0.435. The summed E-state index contributed by atoms with van der Waals surface area (Å²) in [5.41, 5.74) is 0. The van der Waals surface area contributed by atoms with Gasteiger partial charge in [0.05, 0.1) is 13.2 Å². The van der Waals surface area contributed by atoms with Gasteiger partial charge in [0.15, 0.2) is 13.2 Å². The van der Waals surface area contributed by atoms with Crippen LogP contribution in [0.4, 0.5) is 0 Å². The SMILES string of the molecule is CCOC(=O)COc1c2ccccc2c(OCC(=O)OCC)c2ccccc12. The normalized spacial score (nSPS) is 10.6. The monoisotopic (exact) mass is 382 g/mol. The zero-order valence-corrected chi connectivity index (χ0v) is 15.9. The summed E-state index contributed by atoms with van der Waals surface area (Å²) in [7, 11) is 0. The molecule has 0 saturated heterocycles. The first-order valence-electron chi connectivity index (χ1n) is 9.16. The molecule has 0 spiro atoms. The highest BCUT2D eigenvalue weighted by Gasteiger charge is 2.17. The molecule has 0 N–H and O–H groups in total. The molecule has 0 aliphatic carbocycles. The number of carbonyl (C=O) groups is 2. The van der Waals surface area contributed by atoms with Crippen molar-refractivity contribution in [3.05, 3.63) is 48.5 Å². The average Bonchev–Trinajstić information content (AvgIpc) is 2.71. The predicted octanol–water partition coefficient (Wildman–Crippen LogP) is 3.88. The van der Waals surface area contributed by atoms with Crippen LogP contribution in [0.5, 0.6) is 11.5 Å². The number of rotatable bonds is 8. The van der Waals surface area contributed by atoms with Crippen LogP contribution < -0.4 is 9.47 Å². The van der Waals surface area contributed by atoms with Gasteiger partial charge in [-0.25, -0.2) is 9.59 Å². The first-order chi connectivity index (χ1) is 13.7. The lowest BCUT2D eigenvalue weighted by molar-refractivity contribution is -0.146. The van der Waals surface area contributed by atoms with Crippen LogP contribution in [-0.2, 0) is 19.1 Å². The molecule has 0 aliphatic heterocycles. The van der Waals surface area contributed by atoms with E-state index in [0.29, 0.717) is 24.7 Å². The van der Waals surface area contributed by atoms with E-state index in [-0.39, 0.29) is 13.2 Å². The van der Waals surface area contributed by atoms with Crippen molar-refractivity contribution in [1.29, 1.82) is 0 Å². The van der Waals surface area contributed by atoms with Gasteiger partial charge < -0.3 is 18.9 Å². The third-order valence-electron chi connectivity index (χ3n) is 4.11. The molecule has 0 unspecified atom stereocenters. The second kappa shape index (κ2) is 9.08. The van der Waals surface area contributed by atoms with Crippen LogP contribution in [0.15, 0.2) is 48.5 Å². The summed E-state index contributed by atoms with van der Waals surface area (Å²) in [5, 5.41) is 3.13. The van der Waals surface area contributed by atoms with Gasteiger partial charge in [0.25, 0.3) is 0 Å². The van der Waals surface area contributed by atoms with E-state index in [1.54, 1.807) is 13.8 Å². The van der Waals surface area contributed by atoms with Gasteiger partial charge in [0, 0.05) is 21.5 Å². The van der Waals surface area contributed by atoms with E-state index in [1.165, 1.54) is 0 Å². The third-order valence-corrected chi connectivity index (χ3v) is 4.11. The largest absolute Gasteiger partial charge is 0.481 e. The van der Waals surface area contributed by atoms with Crippen molar-refractivity contribution in [2.45, 2.75) is 13.8 Å². The van der Waals surface area contributed by atoms with Crippen molar-refractivity contribution < 1.29 is 28.5 Å². The number of esters is 2. The zero-order valence-electron chi connectivity index (χ0n) is 15.9. The van der Waals surface area contributed by atoms with Crippen molar-refractivity contribution >= 4 is 33.5 Å². The van der Waals surface area contributed by atoms with Crippen LogP contribution in [0.1, 0.15) is 13.8 Å². The molecule has 6 nitrogen and oxygen atoms in total. The highest BCUT2D eigenvalue weighted by Crippen LogP contribution is 2.42. The van der Waals surface area contributed by atoms with Crippen LogP contribution in [0.3, 0.4) is 0 Å². The maximum Gasteiger partial charge on any atom is 0.344 e. The molecular weight excluding hydrogens is 360 g/mol. The van der Waals surface area contributed by atoms with Gasteiger partial charge in [-0.15, -0.1) is 0 Å². The van der Waals surface area contributed by atoms with Crippen LogP contribution in [-0.4, -0.2) is 38.4 Å². The Morgan fingerprint density at radius 2 is 0.964 bits per heavy atom. The number of ether oxygens (including phenoxy) is 4. The van der Waals surface area contributed by atoms with E-state index in [9.17, 15) is 9.59 Å². The molecule has 146 valence electrons. The van der Waals surface area contributed by atoms with E-state index >= 15 is 0 Å². The Labute approximate surface area is 162 Å². The molecule has 0 bridgehead atoms. The van der Waals surface area contributed by atoms with E-state index < -0.39 is 11.9 Å². The molecule has 28 heavy (non-hydrogen) atoms. The number of hydrogen-bond donors (Lipinski definition) is 0. The lowest BCUT2D eigenvalue weighted by Gasteiger charge is -2.17. The van der Waals surface area contributed by atoms with E-state index in [0.717, 1.165) is 21.5 Å². The summed E-state index contributed by atoms with van der Waals surface area (Å²) in [6.45, 7) is 3.71. The van der Waals surface area contributed by atoms with Gasteiger partial charge in [0.1, 0.15) is 11.5 Å². The molecule has 0 saturated carbocycles. The standard InChI is InChI=1S/C22H22O6/c1-3-25-19(23)13-27-21-15-9-5-7-11-17(15)22(28-14-20(24)26-4-2)18-12-8-6-10-16(18)21/h5-12H,3-4,13-14H2,1-2H3. The number of carbonyl (C=O) groups excluding carboxylic acids is 2. The summed E-state index contributed by atoms with van der Waals surface area (Å²) < 4.78 is 21.6. The summed E-state index contributed by atoms with van der Waals surface area (Å²) in [5.74, 6) is 0.280. The van der Waals surface area contributed by atoms with Gasteiger partial charge in [-0.3, -0.25) is 0 Å². The number of benzene rings is 3. The maximum absolute atomic E-state index is 11.8. The van der Waals surface area contributed by atoms with Crippen molar-refractivity contribution in [1.82, 2.24) is 0 Å². The van der Waals surface area contributed by atoms with Crippen LogP contribution in [0, 0.1) is 0 Å². The highest BCUT2D eigenvalue weighted by molar-refractivity contribution is 6.11. The third kappa shape index (κ3) is 4.17. The molecule has 0 heterocycles. The summed E-state index contributed by atoms with van der Waals surface area (Å²) in [6.07, 6.45) is 0. The summed E-state index contributed by atoms with van der Waals surface area (Å²) >= 11 is 0. The van der Waals surface area contributed by atoms with Crippen molar-refractivity contribution in [2.24, 2.45) is 0 Å². The topological polar surface area (TPSA) is 71.1 Å². The molecule has 6 heteroatoms. The van der Waals surface area contributed by atoms with Crippen LogP contribution in [0.2, 0.25) is 0 Å². The Balaban J connectivity index is 2.07. The minimum Gasteiger partial charge on any atom is -0.481 e. The van der Waals surface area contributed by atoms with Crippen LogP contribution in [0.25, 0.3) is 21.5 Å². The summed E-state index contributed by atoms with van der Waals surface area (Å²) in [4.78, 5) is 23.5.